The molecule has 174 valence electrons. The number of amides is 1. The predicted molar refractivity (Wildman–Crippen MR) is 111 cm³/mol. The van der Waals surface area contributed by atoms with Gasteiger partial charge in [0.2, 0.25) is 0 Å². The number of anilines is 2. The van der Waals surface area contributed by atoms with Crippen LogP contribution in [-0.2, 0) is 19.0 Å². The van der Waals surface area contributed by atoms with Gasteiger partial charge >= 0.3 is 6.09 Å². The largest absolute Gasteiger partial charge is 0.441 e. The zero-order valence-corrected chi connectivity index (χ0v) is 18.4. The third kappa shape index (κ3) is 4.75. The second-order valence-corrected chi connectivity index (χ2v) is 12.3. The van der Waals surface area contributed by atoms with Gasteiger partial charge in [-0.15, -0.1) is 0 Å². The number of hydrogen-bond donors (Lipinski definition) is 2. The van der Waals surface area contributed by atoms with Gasteiger partial charge in [0.05, 0.1) is 18.5 Å². The molecule has 1 aromatic carbocycles. The SMILES string of the molecule is CS(=O)(=O)OCC1CN(c2cc(F)c(N3CCC4(CC3)CS(O)(O)C4)c(F)c2)C(=O)O1. The molecule has 13 heteroatoms. The molecule has 1 spiro atoms. The number of hydrogen-bond acceptors (Lipinski definition) is 8. The highest BCUT2D eigenvalue weighted by molar-refractivity contribution is 8.25. The van der Waals surface area contributed by atoms with Crippen LogP contribution in [0.5, 0.6) is 0 Å². The van der Waals surface area contributed by atoms with Crippen LogP contribution in [0.3, 0.4) is 0 Å². The first-order valence-corrected chi connectivity index (χ1v) is 13.4. The maximum atomic E-state index is 14.8. The minimum Gasteiger partial charge on any atom is -0.441 e. The first kappa shape index (κ1) is 22.5. The van der Waals surface area contributed by atoms with Gasteiger partial charge in [-0.1, -0.05) is 0 Å². The summed E-state index contributed by atoms with van der Waals surface area (Å²) in [5, 5.41) is 0. The average molecular weight is 483 g/mol. The van der Waals surface area contributed by atoms with Crippen LogP contribution >= 0.6 is 10.6 Å². The zero-order chi connectivity index (χ0) is 22.6. The molecule has 2 N–H and O–H groups in total. The lowest BCUT2D eigenvalue weighted by Gasteiger charge is -2.58. The van der Waals surface area contributed by atoms with Gasteiger partial charge in [0, 0.05) is 42.1 Å². The molecule has 4 rings (SSSR count). The van der Waals surface area contributed by atoms with Crippen molar-refractivity contribution >= 4 is 38.2 Å². The number of halogens is 2. The van der Waals surface area contributed by atoms with Crippen molar-refractivity contribution < 1.29 is 40.0 Å². The molecule has 3 heterocycles. The van der Waals surface area contributed by atoms with Crippen LogP contribution in [0.2, 0.25) is 0 Å². The van der Waals surface area contributed by atoms with Gasteiger partial charge in [0.25, 0.3) is 10.1 Å². The molecular weight excluding hydrogens is 458 g/mol. The molecule has 3 aliphatic rings. The van der Waals surface area contributed by atoms with Crippen molar-refractivity contribution in [3.05, 3.63) is 23.8 Å². The quantitative estimate of drug-likeness (QED) is 0.616. The van der Waals surface area contributed by atoms with E-state index in [4.69, 9.17) is 4.74 Å². The number of ether oxygens (including phenoxy) is 1. The Morgan fingerprint density at radius 2 is 1.81 bits per heavy atom. The van der Waals surface area contributed by atoms with Gasteiger partial charge in [-0.2, -0.15) is 19.0 Å². The zero-order valence-electron chi connectivity index (χ0n) is 16.8. The Balaban J connectivity index is 1.44. The first-order valence-electron chi connectivity index (χ1n) is 9.67. The highest BCUT2D eigenvalue weighted by Gasteiger charge is 2.49. The Morgan fingerprint density at radius 3 is 2.32 bits per heavy atom. The Bertz CT molecular complexity index is 964. The van der Waals surface area contributed by atoms with Crippen LogP contribution in [0.15, 0.2) is 12.1 Å². The smallest absolute Gasteiger partial charge is 0.414 e. The number of carbonyl (C=O) groups is 1. The van der Waals surface area contributed by atoms with Crippen molar-refractivity contribution in [3.63, 3.8) is 0 Å². The summed E-state index contributed by atoms with van der Waals surface area (Å²) in [5.41, 5.74) is -0.383. The summed E-state index contributed by atoms with van der Waals surface area (Å²) in [6.07, 6.45) is 0.357. The lowest BCUT2D eigenvalue weighted by molar-refractivity contribution is 0.107. The van der Waals surface area contributed by atoms with Crippen molar-refractivity contribution in [2.75, 3.05) is 53.8 Å². The summed E-state index contributed by atoms with van der Waals surface area (Å²) in [7, 11) is -6.20. The summed E-state index contributed by atoms with van der Waals surface area (Å²) in [4.78, 5) is 14.7. The summed E-state index contributed by atoms with van der Waals surface area (Å²) >= 11 is 0. The van der Waals surface area contributed by atoms with E-state index in [1.165, 1.54) is 0 Å². The van der Waals surface area contributed by atoms with Gasteiger partial charge < -0.3 is 9.64 Å². The predicted octanol–water partition coefficient (Wildman–Crippen LogP) is 2.62. The minimum absolute atomic E-state index is 0.0352. The molecular formula is C18H24F2N2O7S2. The average Bonchev–Trinajstić information content (AvgIpc) is 3.00. The molecule has 1 amide bonds. The Hall–Kier alpha value is -1.67. The van der Waals surface area contributed by atoms with Crippen LogP contribution < -0.4 is 9.80 Å². The summed E-state index contributed by atoms with van der Waals surface area (Å²) in [6, 6.07) is 2.09. The van der Waals surface area contributed by atoms with E-state index >= 15 is 0 Å². The number of nitrogens with zero attached hydrogens (tertiary/aromatic N) is 2. The molecule has 9 nitrogen and oxygen atoms in total. The summed E-state index contributed by atoms with van der Waals surface area (Å²) in [5.74, 6) is -0.960. The third-order valence-electron chi connectivity index (χ3n) is 5.87. The monoisotopic (exact) mass is 482 g/mol. The highest BCUT2D eigenvalue weighted by Crippen LogP contribution is 2.62. The molecule has 1 aromatic rings. The second kappa shape index (κ2) is 7.73. The number of rotatable bonds is 5. The van der Waals surface area contributed by atoms with Crippen molar-refractivity contribution in [1.82, 2.24) is 0 Å². The van der Waals surface area contributed by atoms with Gasteiger partial charge in [-0.05, 0) is 12.8 Å². The van der Waals surface area contributed by atoms with E-state index in [2.05, 4.69) is 4.18 Å². The fourth-order valence-corrected chi connectivity index (χ4v) is 7.31. The third-order valence-corrected chi connectivity index (χ3v) is 8.58. The number of cyclic esters (lactones) is 1. The van der Waals surface area contributed by atoms with Gasteiger partial charge in [-0.3, -0.25) is 18.2 Å². The van der Waals surface area contributed by atoms with Crippen molar-refractivity contribution in [3.8, 4) is 0 Å². The number of carbonyl (C=O) groups excluding carboxylic acids is 1. The van der Waals surface area contributed by atoms with Crippen molar-refractivity contribution in [2.24, 2.45) is 5.41 Å². The van der Waals surface area contributed by atoms with Crippen LogP contribution in [0.1, 0.15) is 12.8 Å². The van der Waals surface area contributed by atoms with Gasteiger partial charge in [-0.25, -0.2) is 13.6 Å². The standard InChI is InChI=1S/C18H24F2N2O7S2/c1-30(24,25)28-9-13-8-22(17(23)29-13)12-6-14(19)16(15(20)7-12)21-4-2-18(3-5-21)10-31(26,27)11-18/h6-7,13,26-27H,2-5,8-11H2,1H3. The minimum atomic E-state index is -3.72. The number of piperidine rings is 1. The molecule has 3 aliphatic heterocycles. The fourth-order valence-electron chi connectivity index (χ4n) is 4.46. The Kier molecular flexibility index (Phi) is 5.61. The first-order chi connectivity index (χ1) is 14.4. The molecule has 31 heavy (non-hydrogen) atoms. The van der Waals surface area contributed by atoms with E-state index in [0.29, 0.717) is 37.4 Å². The molecule has 0 saturated carbocycles. The highest BCUT2D eigenvalue weighted by atomic mass is 32.3. The summed E-state index contributed by atoms with van der Waals surface area (Å²) < 4.78 is 80.9. The molecule has 0 radical (unpaired) electrons. The molecule has 3 saturated heterocycles. The van der Waals surface area contributed by atoms with E-state index in [0.717, 1.165) is 23.3 Å². The van der Waals surface area contributed by atoms with E-state index in [1.54, 1.807) is 4.90 Å². The fraction of sp³-hybridized carbons (Fsp3) is 0.611. The molecule has 0 aliphatic carbocycles. The maximum Gasteiger partial charge on any atom is 0.414 e. The van der Waals surface area contributed by atoms with Crippen LogP contribution in [-0.4, -0.2) is 73.7 Å². The maximum absolute atomic E-state index is 14.8. The van der Waals surface area contributed by atoms with E-state index in [-0.39, 0.29) is 29.9 Å². The van der Waals surface area contributed by atoms with Crippen molar-refractivity contribution in [1.29, 1.82) is 0 Å². The summed E-state index contributed by atoms with van der Waals surface area (Å²) in [6.45, 7) is 0.286. The van der Waals surface area contributed by atoms with Crippen molar-refractivity contribution in [2.45, 2.75) is 18.9 Å². The molecule has 1 unspecified atom stereocenters. The van der Waals surface area contributed by atoms with E-state index in [9.17, 15) is 31.1 Å². The number of benzene rings is 1. The lowest BCUT2D eigenvalue weighted by atomic mass is 9.81. The van der Waals surface area contributed by atoms with Crippen LogP contribution in [0.25, 0.3) is 0 Å². The normalized spacial score (nSPS) is 26.0. The molecule has 0 aromatic heterocycles. The van der Waals surface area contributed by atoms with Gasteiger partial charge in [0.1, 0.15) is 18.4 Å². The topological polar surface area (TPSA) is 117 Å². The lowest BCUT2D eigenvalue weighted by Crippen LogP contribution is -2.52. The molecule has 0 bridgehead atoms. The second-order valence-electron chi connectivity index (χ2n) is 8.44. The van der Waals surface area contributed by atoms with Crippen LogP contribution in [0, 0.1) is 17.0 Å². The van der Waals surface area contributed by atoms with E-state index < -0.39 is 44.5 Å². The van der Waals surface area contributed by atoms with Crippen LogP contribution in [0.4, 0.5) is 25.0 Å². The molecule has 3 fully saturated rings. The van der Waals surface area contributed by atoms with Gasteiger partial charge in [0.15, 0.2) is 11.6 Å². The van der Waals surface area contributed by atoms with E-state index in [1.807, 2.05) is 0 Å². The Labute approximate surface area is 180 Å². The molecule has 1 atom stereocenters. The Morgan fingerprint density at radius 1 is 1.23 bits per heavy atom.